The van der Waals surface area contributed by atoms with Crippen LogP contribution in [-0.2, 0) is 14.3 Å². The number of hydrogen-bond acceptors (Lipinski definition) is 5. The van der Waals surface area contributed by atoms with Gasteiger partial charge in [-0.25, -0.2) is 4.79 Å². The van der Waals surface area contributed by atoms with Crippen molar-refractivity contribution in [2.75, 3.05) is 44.0 Å². The number of rotatable bonds is 11. The van der Waals surface area contributed by atoms with E-state index in [9.17, 15) is 14.7 Å². The first-order chi connectivity index (χ1) is 13.6. The van der Waals surface area contributed by atoms with E-state index in [1.165, 1.54) is 4.90 Å². The van der Waals surface area contributed by atoms with E-state index in [1.807, 2.05) is 40.7 Å². The number of nitrogens with one attached hydrogen (secondary N) is 2. The summed E-state index contributed by atoms with van der Waals surface area (Å²) in [6, 6.07) is 4.98. The number of urea groups is 1. The molecule has 0 radical (unpaired) electrons. The van der Waals surface area contributed by atoms with E-state index >= 15 is 0 Å². The highest BCUT2D eigenvalue weighted by Gasteiger charge is 2.16. The Hall–Kier alpha value is -2.16. The minimum Gasteiger partial charge on any atom is -0.389 e. The summed E-state index contributed by atoms with van der Waals surface area (Å²) in [6.45, 7) is 10.5. The van der Waals surface area contributed by atoms with Crippen molar-refractivity contribution in [3.63, 3.8) is 0 Å². The smallest absolute Gasteiger partial charge is 0.321 e. The molecule has 1 rings (SSSR count). The molecule has 1 aromatic carbocycles. The second-order valence-corrected chi connectivity index (χ2v) is 7.63. The van der Waals surface area contributed by atoms with Crippen molar-refractivity contribution in [1.82, 2.24) is 4.90 Å². The van der Waals surface area contributed by atoms with Gasteiger partial charge in [-0.05, 0) is 38.5 Å². The highest BCUT2D eigenvalue weighted by atomic mass is 16.5. The Kier molecular flexibility index (Phi) is 10.6. The summed E-state index contributed by atoms with van der Waals surface area (Å²) in [6.07, 6.45) is -0.665. The second kappa shape index (κ2) is 12.4. The molecule has 0 saturated heterocycles. The maximum absolute atomic E-state index is 12.4. The first-order valence-corrected chi connectivity index (χ1v) is 9.91. The number of likely N-dealkylation sites (N-methyl/N-ethyl adjacent to an activating group) is 1. The maximum atomic E-state index is 12.4. The van der Waals surface area contributed by atoms with Crippen LogP contribution in [0, 0.1) is 12.8 Å². The largest absolute Gasteiger partial charge is 0.389 e. The predicted molar refractivity (Wildman–Crippen MR) is 114 cm³/mol. The normalized spacial score (nSPS) is 12.2. The van der Waals surface area contributed by atoms with Gasteiger partial charge in [0.05, 0.1) is 38.6 Å². The van der Waals surface area contributed by atoms with Crippen molar-refractivity contribution in [1.29, 1.82) is 0 Å². The number of hydrogen-bond donors (Lipinski definition) is 3. The van der Waals surface area contributed by atoms with Crippen molar-refractivity contribution in [3.8, 4) is 0 Å². The molecule has 0 heterocycles. The zero-order valence-electron chi connectivity index (χ0n) is 18.3. The Morgan fingerprint density at radius 3 is 2.45 bits per heavy atom. The van der Waals surface area contributed by atoms with E-state index in [4.69, 9.17) is 9.47 Å². The van der Waals surface area contributed by atoms with Crippen LogP contribution in [0.25, 0.3) is 0 Å². The van der Waals surface area contributed by atoms with Gasteiger partial charge in [-0.2, -0.15) is 0 Å². The summed E-state index contributed by atoms with van der Waals surface area (Å²) in [5, 5.41) is 15.7. The van der Waals surface area contributed by atoms with E-state index in [0.29, 0.717) is 24.6 Å². The number of ether oxygens (including phenoxy) is 2. The fourth-order valence-electron chi connectivity index (χ4n) is 2.35. The molecule has 0 aliphatic heterocycles. The average Bonchev–Trinajstić information content (AvgIpc) is 2.63. The number of nitrogens with zero attached hydrogens (tertiary/aromatic N) is 1. The average molecular weight is 410 g/mol. The third kappa shape index (κ3) is 9.74. The fraction of sp³-hybridized carbons (Fsp3) is 0.619. The van der Waals surface area contributed by atoms with Crippen LogP contribution in [0.5, 0.6) is 0 Å². The molecule has 29 heavy (non-hydrogen) atoms. The summed E-state index contributed by atoms with van der Waals surface area (Å²) in [4.78, 5) is 25.7. The molecular weight excluding hydrogens is 374 g/mol. The van der Waals surface area contributed by atoms with Gasteiger partial charge in [0.15, 0.2) is 0 Å². The topological polar surface area (TPSA) is 100 Å². The number of aliphatic hydroxyl groups excluding tert-OH is 1. The highest BCUT2D eigenvalue weighted by molar-refractivity contribution is 5.94. The number of aliphatic hydroxyl groups is 1. The van der Waals surface area contributed by atoms with Gasteiger partial charge in [0, 0.05) is 24.3 Å². The van der Waals surface area contributed by atoms with Crippen molar-refractivity contribution >= 4 is 23.3 Å². The molecule has 0 fully saturated rings. The van der Waals surface area contributed by atoms with E-state index in [2.05, 4.69) is 10.6 Å². The summed E-state index contributed by atoms with van der Waals surface area (Å²) >= 11 is 0. The van der Waals surface area contributed by atoms with Crippen molar-refractivity contribution in [2.24, 2.45) is 5.92 Å². The van der Waals surface area contributed by atoms with Gasteiger partial charge in [0.2, 0.25) is 5.91 Å². The quantitative estimate of drug-likeness (QED) is 0.488. The van der Waals surface area contributed by atoms with Crippen molar-refractivity contribution in [2.45, 2.75) is 46.8 Å². The molecule has 0 spiro atoms. The van der Waals surface area contributed by atoms with Gasteiger partial charge in [-0.1, -0.05) is 19.9 Å². The van der Waals surface area contributed by atoms with E-state index in [1.54, 1.807) is 19.2 Å². The van der Waals surface area contributed by atoms with Crippen LogP contribution in [0.4, 0.5) is 16.2 Å². The molecule has 0 bridgehead atoms. The Balaban J connectivity index is 2.52. The van der Waals surface area contributed by atoms with Gasteiger partial charge >= 0.3 is 6.03 Å². The van der Waals surface area contributed by atoms with Gasteiger partial charge in [-0.3, -0.25) is 4.79 Å². The zero-order valence-corrected chi connectivity index (χ0v) is 18.3. The summed E-state index contributed by atoms with van der Waals surface area (Å²) in [7, 11) is 1.60. The molecule has 0 aliphatic rings. The van der Waals surface area contributed by atoms with Crippen LogP contribution in [0.1, 0.15) is 33.3 Å². The van der Waals surface area contributed by atoms with E-state index < -0.39 is 6.10 Å². The van der Waals surface area contributed by atoms with Crippen LogP contribution >= 0.6 is 0 Å². The molecule has 3 N–H and O–H groups in total. The lowest BCUT2D eigenvalue weighted by molar-refractivity contribution is -0.118. The summed E-state index contributed by atoms with van der Waals surface area (Å²) in [5.74, 6) is -0.230. The first kappa shape index (κ1) is 24.9. The van der Waals surface area contributed by atoms with E-state index in [-0.39, 0.29) is 37.1 Å². The van der Waals surface area contributed by atoms with Gasteiger partial charge < -0.3 is 30.1 Å². The Bertz CT molecular complexity index is 664. The molecule has 0 saturated carbocycles. The highest BCUT2D eigenvalue weighted by Crippen LogP contribution is 2.21. The van der Waals surface area contributed by atoms with Crippen LogP contribution in [0.15, 0.2) is 18.2 Å². The fourth-order valence-corrected chi connectivity index (χ4v) is 2.35. The molecule has 0 aliphatic carbocycles. The maximum Gasteiger partial charge on any atom is 0.321 e. The number of anilines is 2. The van der Waals surface area contributed by atoms with Crippen LogP contribution in [0.3, 0.4) is 0 Å². The number of carbonyl (C=O) groups is 2. The number of carbonyl (C=O) groups excluding carboxylic acids is 2. The lowest BCUT2D eigenvalue weighted by Crippen LogP contribution is -2.39. The molecule has 1 unspecified atom stereocenters. The molecule has 8 heteroatoms. The summed E-state index contributed by atoms with van der Waals surface area (Å²) in [5.41, 5.74) is 2.08. The molecule has 3 amide bonds. The van der Waals surface area contributed by atoms with Gasteiger partial charge in [0.1, 0.15) is 0 Å². The standard InChI is InChI=1S/C21H35N3O5/c1-14(2)20(26)22-17-8-7-16(5)19(11-17)23-21(27)24(6)12-18(25)13-28-9-10-29-15(3)4/h7-8,11,14-15,18,25H,9-10,12-13H2,1-6H3,(H,22,26)(H,23,27). The lowest BCUT2D eigenvalue weighted by Gasteiger charge is -2.22. The number of benzene rings is 1. The predicted octanol–water partition coefficient (Wildman–Crippen LogP) is 2.86. The first-order valence-electron chi connectivity index (χ1n) is 9.91. The monoisotopic (exact) mass is 409 g/mol. The lowest BCUT2D eigenvalue weighted by atomic mass is 10.1. The Morgan fingerprint density at radius 1 is 1.14 bits per heavy atom. The summed E-state index contributed by atoms with van der Waals surface area (Å²) < 4.78 is 10.7. The van der Waals surface area contributed by atoms with E-state index in [0.717, 1.165) is 5.56 Å². The number of amides is 3. The molecular formula is C21H35N3O5. The van der Waals surface area contributed by atoms with Crippen LogP contribution < -0.4 is 10.6 Å². The Labute approximate surface area is 173 Å². The number of aryl methyl sites for hydroxylation is 1. The molecule has 164 valence electrons. The minimum absolute atomic E-state index is 0.0924. The molecule has 8 nitrogen and oxygen atoms in total. The van der Waals surface area contributed by atoms with Gasteiger partial charge in [0.25, 0.3) is 0 Å². The van der Waals surface area contributed by atoms with Crippen LogP contribution in [-0.4, -0.2) is 67.6 Å². The SMILES string of the molecule is Cc1ccc(NC(=O)C(C)C)cc1NC(=O)N(C)CC(O)COCCOC(C)C. The van der Waals surface area contributed by atoms with Crippen molar-refractivity contribution < 1.29 is 24.2 Å². The molecule has 1 aromatic rings. The molecule has 0 aromatic heterocycles. The third-order valence-corrected chi connectivity index (χ3v) is 4.09. The third-order valence-electron chi connectivity index (χ3n) is 4.09. The zero-order chi connectivity index (χ0) is 22.0. The Morgan fingerprint density at radius 2 is 1.83 bits per heavy atom. The second-order valence-electron chi connectivity index (χ2n) is 7.63. The minimum atomic E-state index is -0.803. The van der Waals surface area contributed by atoms with Gasteiger partial charge in [-0.15, -0.1) is 0 Å². The molecule has 1 atom stereocenters. The van der Waals surface area contributed by atoms with Crippen LogP contribution in [0.2, 0.25) is 0 Å². The van der Waals surface area contributed by atoms with Crippen molar-refractivity contribution in [3.05, 3.63) is 23.8 Å².